The van der Waals surface area contributed by atoms with E-state index in [-0.39, 0.29) is 18.7 Å². The summed E-state index contributed by atoms with van der Waals surface area (Å²) in [5, 5.41) is 22.3. The Hall–Kier alpha value is -1.18. The van der Waals surface area contributed by atoms with Crippen LogP contribution in [0.15, 0.2) is 24.3 Å². The molecule has 0 aromatic heterocycles. The van der Waals surface area contributed by atoms with Gasteiger partial charge in [0.05, 0.1) is 23.9 Å². The number of hydrogen-bond donors (Lipinski definition) is 3. The predicted molar refractivity (Wildman–Crippen MR) is 99.7 cm³/mol. The van der Waals surface area contributed by atoms with Gasteiger partial charge in [0.25, 0.3) is 0 Å². The number of hydrogen-bond acceptors (Lipinski definition) is 4. The first kappa shape index (κ1) is 20.1. The first-order chi connectivity index (χ1) is 11.9. The molecule has 3 atom stereocenters. The van der Waals surface area contributed by atoms with E-state index in [1.807, 2.05) is 25.1 Å². The van der Waals surface area contributed by atoms with Crippen LogP contribution in [0.4, 0.5) is 0 Å². The van der Waals surface area contributed by atoms with E-state index < -0.39 is 13.5 Å². The van der Waals surface area contributed by atoms with Gasteiger partial charge in [0, 0.05) is 18.7 Å². The Kier molecular flexibility index (Phi) is 7.65. The molecule has 0 saturated heterocycles. The molecule has 0 aliphatic heterocycles. The summed E-state index contributed by atoms with van der Waals surface area (Å²) in [5.74, 6) is 0.331. The van der Waals surface area contributed by atoms with Gasteiger partial charge < -0.3 is 15.3 Å². The van der Waals surface area contributed by atoms with Gasteiger partial charge in [0.2, 0.25) is 7.37 Å². The van der Waals surface area contributed by atoms with Crippen LogP contribution >= 0.6 is 7.37 Å². The number of rotatable bonds is 8. The van der Waals surface area contributed by atoms with Crippen LogP contribution in [0.1, 0.15) is 56.2 Å². The summed E-state index contributed by atoms with van der Waals surface area (Å²) in [6, 6.07) is 9.37. The van der Waals surface area contributed by atoms with E-state index >= 15 is 0 Å². The molecule has 1 aliphatic carbocycles. The van der Waals surface area contributed by atoms with Crippen LogP contribution in [0.3, 0.4) is 0 Å². The third-order valence-corrected chi connectivity index (χ3v) is 7.02. The van der Waals surface area contributed by atoms with Crippen molar-refractivity contribution in [2.45, 2.75) is 51.2 Å². The van der Waals surface area contributed by atoms with Gasteiger partial charge in [-0.15, -0.1) is 0 Å². The van der Waals surface area contributed by atoms with Crippen LogP contribution in [0, 0.1) is 17.2 Å². The number of aliphatic hydroxyl groups excluding tert-OH is 1. The molecule has 1 aromatic carbocycles. The lowest BCUT2D eigenvalue weighted by Gasteiger charge is -2.25. The van der Waals surface area contributed by atoms with Crippen molar-refractivity contribution >= 4 is 7.37 Å². The molecule has 138 valence electrons. The molecular weight excluding hydrogens is 335 g/mol. The summed E-state index contributed by atoms with van der Waals surface area (Å²) in [7, 11) is -3.29. The Morgan fingerprint density at radius 3 is 2.76 bits per heavy atom. The fourth-order valence-electron chi connectivity index (χ4n) is 3.55. The van der Waals surface area contributed by atoms with Gasteiger partial charge in [-0.2, -0.15) is 5.26 Å². The number of aliphatic hydroxyl groups is 1. The van der Waals surface area contributed by atoms with Gasteiger partial charge in [0.1, 0.15) is 0 Å². The maximum Gasteiger partial charge on any atom is 0.203 e. The zero-order valence-electron chi connectivity index (χ0n) is 14.9. The Bertz CT molecular complexity index is 638. The van der Waals surface area contributed by atoms with Crippen LogP contribution in [-0.4, -0.2) is 35.0 Å². The van der Waals surface area contributed by atoms with Crippen LogP contribution in [0.2, 0.25) is 0 Å². The summed E-state index contributed by atoms with van der Waals surface area (Å²) in [6.07, 6.45) is 5.02. The van der Waals surface area contributed by atoms with E-state index in [1.165, 1.54) is 6.42 Å². The third kappa shape index (κ3) is 6.92. The fourth-order valence-corrected chi connectivity index (χ4v) is 5.66. The number of nitrogens with zero attached hydrogens (tertiary/aromatic N) is 1. The molecule has 0 spiro atoms. The second-order valence-corrected chi connectivity index (χ2v) is 9.66. The van der Waals surface area contributed by atoms with Gasteiger partial charge in [-0.3, -0.25) is 4.57 Å². The SMILES string of the molecule is C[C@H](NC[C@@H](O)CP(=O)(O)CC1CCCCC1)c1cccc(C#N)c1. The summed E-state index contributed by atoms with van der Waals surface area (Å²) in [6.45, 7) is 2.21. The lowest BCUT2D eigenvalue weighted by Crippen LogP contribution is -2.32. The Labute approximate surface area is 150 Å². The second kappa shape index (κ2) is 9.50. The lowest BCUT2D eigenvalue weighted by molar-refractivity contribution is 0.186. The first-order valence-electron chi connectivity index (χ1n) is 9.12. The zero-order chi connectivity index (χ0) is 18.3. The van der Waals surface area contributed by atoms with Gasteiger partial charge in [-0.1, -0.05) is 31.4 Å². The predicted octanol–water partition coefficient (Wildman–Crippen LogP) is 3.42. The van der Waals surface area contributed by atoms with Gasteiger partial charge >= 0.3 is 0 Å². The lowest BCUT2D eigenvalue weighted by atomic mass is 9.91. The molecule has 5 nitrogen and oxygen atoms in total. The first-order valence-corrected chi connectivity index (χ1v) is 11.1. The zero-order valence-corrected chi connectivity index (χ0v) is 15.8. The molecule has 1 saturated carbocycles. The van der Waals surface area contributed by atoms with Crippen molar-refractivity contribution in [1.82, 2.24) is 5.32 Å². The smallest absolute Gasteiger partial charge is 0.203 e. The minimum atomic E-state index is -3.29. The average Bonchev–Trinajstić information content (AvgIpc) is 2.59. The molecule has 2 rings (SSSR count). The van der Waals surface area contributed by atoms with E-state index in [9.17, 15) is 14.6 Å². The summed E-state index contributed by atoms with van der Waals surface area (Å²) >= 11 is 0. The number of benzene rings is 1. The van der Waals surface area contributed by atoms with Crippen molar-refractivity contribution in [1.29, 1.82) is 5.26 Å². The average molecular weight is 364 g/mol. The van der Waals surface area contributed by atoms with Gasteiger partial charge in [0.15, 0.2) is 0 Å². The molecular formula is C19H29N2O3P. The highest BCUT2D eigenvalue weighted by Crippen LogP contribution is 2.45. The normalized spacial score (nSPS) is 20.4. The summed E-state index contributed by atoms with van der Waals surface area (Å²) in [4.78, 5) is 10.2. The van der Waals surface area contributed by atoms with Crippen LogP contribution in [0.25, 0.3) is 0 Å². The Morgan fingerprint density at radius 2 is 2.08 bits per heavy atom. The van der Waals surface area contributed by atoms with E-state index in [4.69, 9.17) is 5.26 Å². The molecule has 1 aliphatic rings. The van der Waals surface area contributed by atoms with Crippen molar-refractivity contribution in [2.24, 2.45) is 5.92 Å². The molecule has 25 heavy (non-hydrogen) atoms. The van der Waals surface area contributed by atoms with Crippen molar-refractivity contribution in [3.8, 4) is 6.07 Å². The quantitative estimate of drug-likeness (QED) is 0.615. The topological polar surface area (TPSA) is 93.3 Å². The maximum atomic E-state index is 12.4. The van der Waals surface area contributed by atoms with Crippen molar-refractivity contribution < 1.29 is 14.6 Å². The van der Waals surface area contributed by atoms with Gasteiger partial charge in [-0.05, 0) is 43.4 Å². The van der Waals surface area contributed by atoms with Crippen molar-refractivity contribution in [3.05, 3.63) is 35.4 Å². The largest absolute Gasteiger partial charge is 0.391 e. The van der Waals surface area contributed by atoms with Crippen LogP contribution in [-0.2, 0) is 4.57 Å². The minimum Gasteiger partial charge on any atom is -0.391 e. The standard InChI is InChI=1S/C19H29N2O3P/c1-15(18-9-5-8-17(10-18)11-20)21-12-19(22)14-25(23,24)13-16-6-3-2-4-7-16/h5,8-10,15-16,19,21-22H,2-4,6-7,12-14H2,1H3,(H,23,24)/t15-,19+/m0/s1. The van der Waals surface area contributed by atoms with Crippen molar-refractivity contribution in [2.75, 3.05) is 18.9 Å². The van der Waals surface area contributed by atoms with Crippen LogP contribution < -0.4 is 5.32 Å². The molecule has 1 aromatic rings. The molecule has 0 bridgehead atoms. The van der Waals surface area contributed by atoms with E-state index in [1.54, 1.807) is 6.07 Å². The maximum absolute atomic E-state index is 12.4. The van der Waals surface area contributed by atoms with Gasteiger partial charge in [-0.25, -0.2) is 0 Å². The molecule has 3 N–H and O–H groups in total. The molecule has 1 unspecified atom stereocenters. The molecule has 1 fully saturated rings. The third-order valence-electron chi connectivity index (χ3n) is 4.94. The Morgan fingerprint density at radius 1 is 1.36 bits per heavy atom. The second-order valence-electron chi connectivity index (χ2n) is 7.24. The van der Waals surface area contributed by atoms with Crippen molar-refractivity contribution in [3.63, 3.8) is 0 Å². The molecule has 0 radical (unpaired) electrons. The fraction of sp³-hybridized carbons (Fsp3) is 0.632. The summed E-state index contributed by atoms with van der Waals surface area (Å²) < 4.78 is 12.4. The van der Waals surface area contributed by atoms with E-state index in [0.29, 0.717) is 17.6 Å². The highest BCUT2D eigenvalue weighted by atomic mass is 31.2. The molecule has 6 heteroatoms. The van der Waals surface area contributed by atoms with Crippen LogP contribution in [0.5, 0.6) is 0 Å². The molecule has 0 amide bonds. The molecule has 0 heterocycles. The highest BCUT2D eigenvalue weighted by molar-refractivity contribution is 7.58. The Balaban J connectivity index is 1.79. The van der Waals surface area contributed by atoms with E-state index in [2.05, 4.69) is 11.4 Å². The minimum absolute atomic E-state index is 0.0422. The highest BCUT2D eigenvalue weighted by Gasteiger charge is 2.28. The monoisotopic (exact) mass is 364 g/mol. The summed E-state index contributed by atoms with van der Waals surface area (Å²) in [5.41, 5.74) is 1.56. The van der Waals surface area contributed by atoms with E-state index in [0.717, 1.165) is 31.2 Å². The number of nitriles is 1. The number of nitrogens with one attached hydrogen (secondary N) is 1.